The van der Waals surface area contributed by atoms with Crippen molar-refractivity contribution < 1.29 is 14.0 Å². The van der Waals surface area contributed by atoms with E-state index in [9.17, 15) is 9.59 Å². The Kier molecular flexibility index (Phi) is 4.31. The number of carbonyl (C=O) groups is 2. The van der Waals surface area contributed by atoms with Gasteiger partial charge in [0.2, 0.25) is 5.91 Å². The lowest BCUT2D eigenvalue weighted by Gasteiger charge is -2.31. The Labute approximate surface area is 153 Å². The number of amides is 2. The van der Waals surface area contributed by atoms with Crippen molar-refractivity contribution in [2.24, 2.45) is 11.8 Å². The number of benzene rings is 1. The van der Waals surface area contributed by atoms with E-state index in [1.165, 1.54) is 0 Å². The van der Waals surface area contributed by atoms with E-state index in [2.05, 4.69) is 0 Å². The third-order valence-electron chi connectivity index (χ3n) is 5.99. The van der Waals surface area contributed by atoms with Crippen LogP contribution < -0.4 is 0 Å². The topological polar surface area (TPSA) is 53.8 Å². The normalized spacial score (nSPS) is 25.2. The summed E-state index contributed by atoms with van der Waals surface area (Å²) in [7, 11) is 3.76. The first-order valence-electron chi connectivity index (χ1n) is 9.18. The minimum atomic E-state index is 0.0410. The summed E-state index contributed by atoms with van der Waals surface area (Å²) >= 11 is 0. The number of carbonyl (C=O) groups excluding carboxylic acids is 2. The van der Waals surface area contributed by atoms with Gasteiger partial charge in [0.05, 0.1) is 6.26 Å². The van der Waals surface area contributed by atoms with Gasteiger partial charge >= 0.3 is 0 Å². The van der Waals surface area contributed by atoms with Crippen molar-refractivity contribution in [3.8, 4) is 11.3 Å². The summed E-state index contributed by atoms with van der Waals surface area (Å²) in [6.07, 6.45) is 4.17. The number of likely N-dealkylation sites (tertiary alicyclic amines) is 1. The fourth-order valence-corrected chi connectivity index (χ4v) is 4.39. The molecule has 2 aromatic rings. The molecule has 2 amide bonds. The van der Waals surface area contributed by atoms with E-state index in [0.717, 1.165) is 30.7 Å². The lowest BCUT2D eigenvalue weighted by Crippen LogP contribution is -2.39. The molecule has 3 atom stereocenters. The van der Waals surface area contributed by atoms with Crippen molar-refractivity contribution in [3.63, 3.8) is 0 Å². The summed E-state index contributed by atoms with van der Waals surface area (Å²) in [6, 6.07) is 11.5. The average Bonchev–Trinajstić information content (AvgIpc) is 3.31. The molecule has 1 saturated heterocycles. The third kappa shape index (κ3) is 3.02. The highest BCUT2D eigenvalue weighted by Gasteiger charge is 2.42. The van der Waals surface area contributed by atoms with Crippen molar-refractivity contribution in [1.29, 1.82) is 0 Å². The van der Waals surface area contributed by atoms with Crippen LogP contribution in [0.3, 0.4) is 0 Å². The van der Waals surface area contributed by atoms with E-state index in [1.807, 2.05) is 60.3 Å². The molecule has 0 spiro atoms. The summed E-state index contributed by atoms with van der Waals surface area (Å²) in [4.78, 5) is 28.5. The van der Waals surface area contributed by atoms with Crippen LogP contribution in [0.4, 0.5) is 0 Å². The van der Waals surface area contributed by atoms with Crippen LogP contribution in [0, 0.1) is 11.8 Å². The molecule has 1 aromatic carbocycles. The van der Waals surface area contributed by atoms with Crippen LogP contribution in [0.2, 0.25) is 0 Å². The minimum Gasteiger partial charge on any atom is -0.464 e. The summed E-state index contributed by atoms with van der Waals surface area (Å²) in [5.41, 5.74) is 1.65. The molecule has 0 unspecified atom stereocenters. The zero-order valence-corrected chi connectivity index (χ0v) is 15.2. The predicted molar refractivity (Wildman–Crippen MR) is 98.5 cm³/mol. The molecular formula is C21H24N2O3. The Morgan fingerprint density at radius 1 is 1.15 bits per heavy atom. The smallest absolute Gasteiger partial charge is 0.253 e. The Morgan fingerprint density at radius 3 is 2.58 bits per heavy atom. The van der Waals surface area contributed by atoms with E-state index in [4.69, 9.17) is 4.42 Å². The zero-order valence-electron chi connectivity index (χ0n) is 15.2. The second-order valence-corrected chi connectivity index (χ2v) is 7.59. The van der Waals surface area contributed by atoms with Crippen LogP contribution in [0.25, 0.3) is 11.3 Å². The van der Waals surface area contributed by atoms with Crippen molar-refractivity contribution in [2.45, 2.75) is 25.3 Å². The number of rotatable bonds is 3. The molecule has 1 aromatic heterocycles. The van der Waals surface area contributed by atoms with Gasteiger partial charge in [-0.25, -0.2) is 0 Å². The molecule has 0 radical (unpaired) electrons. The number of hydrogen-bond donors (Lipinski definition) is 0. The average molecular weight is 352 g/mol. The number of hydrogen-bond acceptors (Lipinski definition) is 3. The summed E-state index contributed by atoms with van der Waals surface area (Å²) in [5, 5.41) is 0. The van der Waals surface area contributed by atoms with E-state index >= 15 is 0 Å². The highest BCUT2D eigenvalue weighted by Crippen LogP contribution is 2.40. The molecule has 2 aliphatic rings. The molecule has 4 rings (SSSR count). The van der Waals surface area contributed by atoms with Crippen molar-refractivity contribution in [1.82, 2.24) is 9.80 Å². The lowest BCUT2D eigenvalue weighted by molar-refractivity contribution is -0.134. The van der Waals surface area contributed by atoms with Crippen LogP contribution in [0.15, 0.2) is 47.1 Å². The molecule has 5 heteroatoms. The second kappa shape index (κ2) is 6.63. The van der Waals surface area contributed by atoms with E-state index in [1.54, 1.807) is 6.26 Å². The highest BCUT2D eigenvalue weighted by atomic mass is 16.3. The van der Waals surface area contributed by atoms with Gasteiger partial charge in [-0.2, -0.15) is 0 Å². The maximum atomic E-state index is 12.9. The van der Waals surface area contributed by atoms with Gasteiger partial charge in [-0.15, -0.1) is 0 Å². The number of nitrogens with zero attached hydrogens (tertiary/aromatic N) is 2. The fraction of sp³-hybridized carbons (Fsp3) is 0.429. The molecule has 26 heavy (non-hydrogen) atoms. The van der Waals surface area contributed by atoms with Crippen LogP contribution in [-0.2, 0) is 4.79 Å². The van der Waals surface area contributed by atoms with E-state index < -0.39 is 0 Å². The first-order valence-corrected chi connectivity index (χ1v) is 9.18. The summed E-state index contributed by atoms with van der Waals surface area (Å²) in [6.45, 7) is 0.819. The van der Waals surface area contributed by atoms with E-state index in [-0.39, 0.29) is 17.9 Å². The minimum absolute atomic E-state index is 0.0410. The third-order valence-corrected chi connectivity index (χ3v) is 5.99. The molecule has 2 heterocycles. The van der Waals surface area contributed by atoms with Gasteiger partial charge in [0.15, 0.2) is 0 Å². The molecule has 2 fully saturated rings. The largest absolute Gasteiger partial charge is 0.464 e. The van der Waals surface area contributed by atoms with Gasteiger partial charge in [0.25, 0.3) is 5.91 Å². The van der Waals surface area contributed by atoms with Gasteiger partial charge in [-0.05, 0) is 48.9 Å². The fourth-order valence-electron chi connectivity index (χ4n) is 4.39. The van der Waals surface area contributed by atoms with Crippen LogP contribution >= 0.6 is 0 Å². The standard InChI is InChI=1S/C21H24N2O3/c1-22-13-17-11-18(10-16(17)12-20(22)24)23(2)21(25)15-7-5-14(6-8-15)19-4-3-9-26-19/h3-9,16-18H,10-13H2,1-2H3/t16-,17+,18-/m1/s1. The maximum Gasteiger partial charge on any atom is 0.253 e. The Morgan fingerprint density at radius 2 is 1.88 bits per heavy atom. The summed E-state index contributed by atoms with van der Waals surface area (Å²) < 4.78 is 5.39. The molecule has 1 aliphatic carbocycles. The zero-order chi connectivity index (χ0) is 18.3. The van der Waals surface area contributed by atoms with E-state index in [0.29, 0.717) is 23.8 Å². The predicted octanol–water partition coefficient (Wildman–Crippen LogP) is 3.28. The monoisotopic (exact) mass is 352 g/mol. The first kappa shape index (κ1) is 16.9. The molecule has 136 valence electrons. The molecule has 1 saturated carbocycles. The molecule has 1 aliphatic heterocycles. The molecule has 5 nitrogen and oxygen atoms in total. The lowest BCUT2D eigenvalue weighted by atomic mass is 9.88. The SMILES string of the molecule is CN1C[C@@H]2C[C@H](N(C)C(=O)c3ccc(-c4ccco4)cc3)C[C@@H]2CC1=O. The highest BCUT2D eigenvalue weighted by molar-refractivity contribution is 5.94. The van der Waals surface area contributed by atoms with Crippen LogP contribution in [-0.4, -0.2) is 48.3 Å². The maximum absolute atomic E-state index is 12.9. The van der Waals surface area contributed by atoms with Crippen molar-refractivity contribution in [3.05, 3.63) is 48.2 Å². The van der Waals surface area contributed by atoms with Gasteiger partial charge in [0, 0.05) is 44.2 Å². The molecular weight excluding hydrogens is 328 g/mol. The van der Waals surface area contributed by atoms with Crippen molar-refractivity contribution in [2.75, 3.05) is 20.6 Å². The van der Waals surface area contributed by atoms with Gasteiger partial charge in [0.1, 0.15) is 5.76 Å². The van der Waals surface area contributed by atoms with Gasteiger partial charge < -0.3 is 14.2 Å². The Balaban J connectivity index is 1.44. The second-order valence-electron chi connectivity index (χ2n) is 7.59. The Hall–Kier alpha value is -2.56. The Bertz CT molecular complexity index is 797. The van der Waals surface area contributed by atoms with Crippen molar-refractivity contribution >= 4 is 11.8 Å². The molecule has 0 N–H and O–H groups in total. The number of furan rings is 1. The number of fused-ring (bicyclic) bond motifs is 1. The van der Waals surface area contributed by atoms with Crippen LogP contribution in [0.5, 0.6) is 0 Å². The molecule has 0 bridgehead atoms. The van der Waals surface area contributed by atoms with Gasteiger partial charge in [-0.1, -0.05) is 12.1 Å². The van der Waals surface area contributed by atoms with Crippen LogP contribution in [0.1, 0.15) is 29.6 Å². The van der Waals surface area contributed by atoms with Gasteiger partial charge in [-0.3, -0.25) is 9.59 Å². The quantitative estimate of drug-likeness (QED) is 0.852. The number of piperidine rings is 1. The summed E-state index contributed by atoms with van der Waals surface area (Å²) in [5.74, 6) is 2.00. The first-order chi connectivity index (χ1) is 12.5.